The van der Waals surface area contributed by atoms with E-state index in [-0.39, 0.29) is 11.3 Å². The van der Waals surface area contributed by atoms with Gasteiger partial charge in [-0.15, -0.1) is 0 Å². The Kier molecular flexibility index (Phi) is 2.32. The summed E-state index contributed by atoms with van der Waals surface area (Å²) >= 11 is 0. The highest BCUT2D eigenvalue weighted by atomic mass is 16.4. The molecule has 0 heterocycles. The molecule has 0 radical (unpaired) electrons. The minimum atomic E-state index is -0.561. The Hall–Kier alpha value is -0.530. The molecule has 80 valence electrons. The van der Waals surface area contributed by atoms with E-state index in [1.807, 2.05) is 0 Å². The molecule has 0 aliphatic heterocycles. The maximum Gasteiger partial charge on any atom is 0.307 e. The van der Waals surface area contributed by atoms with Crippen molar-refractivity contribution in [3.05, 3.63) is 0 Å². The molecule has 14 heavy (non-hydrogen) atoms. The van der Waals surface area contributed by atoms with Gasteiger partial charge >= 0.3 is 5.97 Å². The van der Waals surface area contributed by atoms with Gasteiger partial charge in [-0.3, -0.25) is 4.79 Å². The highest BCUT2D eigenvalue weighted by Crippen LogP contribution is 2.63. The van der Waals surface area contributed by atoms with Crippen LogP contribution in [0.5, 0.6) is 0 Å². The molecule has 0 aromatic rings. The Bertz CT molecular complexity index is 247. The van der Waals surface area contributed by atoms with Gasteiger partial charge in [-0.25, -0.2) is 0 Å². The van der Waals surface area contributed by atoms with E-state index in [1.165, 1.54) is 19.3 Å². The summed E-state index contributed by atoms with van der Waals surface area (Å²) in [5.74, 6) is 0.925. The van der Waals surface area contributed by atoms with Crippen molar-refractivity contribution >= 4 is 5.97 Å². The molecule has 1 spiro atoms. The fourth-order valence-electron chi connectivity index (χ4n) is 3.21. The van der Waals surface area contributed by atoms with E-state index in [1.54, 1.807) is 0 Å². The molecule has 0 saturated heterocycles. The van der Waals surface area contributed by atoms with Gasteiger partial charge in [0.2, 0.25) is 0 Å². The molecule has 3 atom stereocenters. The predicted molar refractivity (Wildman–Crippen MR) is 55.0 cm³/mol. The number of aliphatic carboxylic acids is 1. The lowest BCUT2D eigenvalue weighted by atomic mass is 9.73. The average Bonchev–Trinajstić information content (AvgIpc) is 2.79. The highest BCUT2D eigenvalue weighted by molar-refractivity contribution is 5.74. The molecule has 0 aromatic carbocycles. The summed E-state index contributed by atoms with van der Waals surface area (Å²) in [6.07, 6.45) is 5.83. The molecule has 2 rings (SSSR count). The smallest absolute Gasteiger partial charge is 0.307 e. The summed E-state index contributed by atoms with van der Waals surface area (Å²) in [6.45, 7) is 4.53. The lowest BCUT2D eigenvalue weighted by molar-refractivity contribution is -0.139. The molecule has 2 saturated carbocycles. The maximum atomic E-state index is 10.9. The van der Waals surface area contributed by atoms with Gasteiger partial charge in [-0.05, 0) is 36.5 Å². The van der Waals surface area contributed by atoms with Crippen molar-refractivity contribution in [1.29, 1.82) is 0 Å². The van der Waals surface area contributed by atoms with Crippen LogP contribution >= 0.6 is 0 Å². The van der Waals surface area contributed by atoms with Crippen molar-refractivity contribution in [3.63, 3.8) is 0 Å². The predicted octanol–water partition coefficient (Wildman–Crippen LogP) is 2.92. The summed E-state index contributed by atoms with van der Waals surface area (Å²) in [7, 11) is 0. The van der Waals surface area contributed by atoms with Crippen molar-refractivity contribution in [3.8, 4) is 0 Å². The monoisotopic (exact) mass is 196 g/mol. The molecule has 0 amide bonds. The van der Waals surface area contributed by atoms with Gasteiger partial charge in [0.05, 0.1) is 5.92 Å². The Morgan fingerprint density at radius 1 is 1.43 bits per heavy atom. The van der Waals surface area contributed by atoms with Crippen LogP contribution in [0.15, 0.2) is 0 Å². The Morgan fingerprint density at radius 2 is 2.14 bits per heavy atom. The summed E-state index contributed by atoms with van der Waals surface area (Å²) in [5.41, 5.74) is 0.221. The number of hydrogen-bond donors (Lipinski definition) is 1. The minimum absolute atomic E-state index is 0.0101. The van der Waals surface area contributed by atoms with Crippen molar-refractivity contribution < 1.29 is 9.90 Å². The van der Waals surface area contributed by atoms with Gasteiger partial charge in [-0.1, -0.05) is 26.7 Å². The molecule has 0 aromatic heterocycles. The molecular weight excluding hydrogens is 176 g/mol. The molecule has 1 N–H and O–H groups in total. The van der Waals surface area contributed by atoms with Crippen LogP contribution in [-0.2, 0) is 4.79 Å². The third-order valence-electron chi connectivity index (χ3n) is 4.35. The standard InChI is InChI=1S/C12H20O2/c1-8(2)9-4-3-5-12(6-9)7-10(12)11(13)14/h8-10H,3-7H2,1-2H3,(H,13,14). The van der Waals surface area contributed by atoms with Crippen LogP contribution in [0, 0.1) is 23.2 Å². The number of carbonyl (C=O) groups is 1. The topological polar surface area (TPSA) is 37.3 Å². The van der Waals surface area contributed by atoms with Crippen LogP contribution in [-0.4, -0.2) is 11.1 Å². The highest BCUT2D eigenvalue weighted by Gasteiger charge is 2.59. The number of carboxylic acid groups (broad SMARTS) is 1. The first-order chi connectivity index (χ1) is 6.55. The molecule has 3 unspecified atom stereocenters. The van der Waals surface area contributed by atoms with Gasteiger partial charge < -0.3 is 5.11 Å². The third-order valence-corrected chi connectivity index (χ3v) is 4.35. The molecule has 2 heteroatoms. The van der Waals surface area contributed by atoms with Gasteiger partial charge in [0.15, 0.2) is 0 Å². The van der Waals surface area contributed by atoms with Crippen LogP contribution in [0.3, 0.4) is 0 Å². The zero-order chi connectivity index (χ0) is 10.3. The minimum Gasteiger partial charge on any atom is -0.481 e. The van der Waals surface area contributed by atoms with Crippen molar-refractivity contribution in [1.82, 2.24) is 0 Å². The van der Waals surface area contributed by atoms with Crippen molar-refractivity contribution in [2.75, 3.05) is 0 Å². The Labute approximate surface area is 85.7 Å². The molecule has 2 fully saturated rings. The average molecular weight is 196 g/mol. The van der Waals surface area contributed by atoms with Crippen molar-refractivity contribution in [2.24, 2.45) is 23.2 Å². The van der Waals surface area contributed by atoms with E-state index in [9.17, 15) is 4.79 Å². The first-order valence-corrected chi connectivity index (χ1v) is 5.78. The third kappa shape index (κ3) is 1.55. The number of hydrogen-bond acceptors (Lipinski definition) is 1. The molecule has 2 aliphatic rings. The maximum absolute atomic E-state index is 10.9. The lowest BCUT2D eigenvalue weighted by Crippen LogP contribution is -2.23. The van der Waals surface area contributed by atoms with Crippen LogP contribution in [0.25, 0.3) is 0 Å². The normalized spacial score (nSPS) is 41.6. The van der Waals surface area contributed by atoms with E-state index >= 15 is 0 Å². The van der Waals surface area contributed by atoms with Gasteiger partial charge in [0.1, 0.15) is 0 Å². The van der Waals surface area contributed by atoms with Gasteiger partial charge in [-0.2, -0.15) is 0 Å². The first kappa shape index (κ1) is 10.0. The summed E-state index contributed by atoms with van der Waals surface area (Å²) < 4.78 is 0. The molecule has 2 nitrogen and oxygen atoms in total. The van der Waals surface area contributed by atoms with Gasteiger partial charge in [0, 0.05) is 0 Å². The van der Waals surface area contributed by atoms with Crippen LogP contribution in [0.1, 0.15) is 46.0 Å². The van der Waals surface area contributed by atoms with E-state index in [2.05, 4.69) is 13.8 Å². The quantitative estimate of drug-likeness (QED) is 0.737. The second-order valence-corrected chi connectivity index (χ2v) is 5.56. The van der Waals surface area contributed by atoms with E-state index in [0.717, 1.165) is 24.7 Å². The molecular formula is C12H20O2. The number of rotatable bonds is 2. The second kappa shape index (κ2) is 3.25. The zero-order valence-electron chi connectivity index (χ0n) is 9.12. The second-order valence-electron chi connectivity index (χ2n) is 5.56. The first-order valence-electron chi connectivity index (χ1n) is 5.78. The molecule has 2 aliphatic carbocycles. The van der Waals surface area contributed by atoms with Crippen molar-refractivity contribution in [2.45, 2.75) is 46.0 Å². The number of carboxylic acids is 1. The summed E-state index contributed by atoms with van der Waals surface area (Å²) in [6, 6.07) is 0. The Morgan fingerprint density at radius 3 is 2.64 bits per heavy atom. The lowest BCUT2D eigenvalue weighted by Gasteiger charge is -2.32. The van der Waals surface area contributed by atoms with Crippen LogP contribution < -0.4 is 0 Å². The fraction of sp³-hybridized carbons (Fsp3) is 0.917. The largest absolute Gasteiger partial charge is 0.481 e. The SMILES string of the molecule is CC(C)C1CCCC2(C1)CC2C(=O)O. The Balaban J connectivity index is 1.99. The molecule has 0 bridgehead atoms. The van der Waals surface area contributed by atoms with E-state index in [4.69, 9.17) is 5.11 Å². The van der Waals surface area contributed by atoms with E-state index < -0.39 is 5.97 Å². The fourth-order valence-corrected chi connectivity index (χ4v) is 3.21. The van der Waals surface area contributed by atoms with Crippen LogP contribution in [0.4, 0.5) is 0 Å². The zero-order valence-corrected chi connectivity index (χ0v) is 9.12. The van der Waals surface area contributed by atoms with Gasteiger partial charge in [0.25, 0.3) is 0 Å². The van der Waals surface area contributed by atoms with Crippen LogP contribution in [0.2, 0.25) is 0 Å². The summed E-state index contributed by atoms with van der Waals surface area (Å²) in [4.78, 5) is 10.9. The van der Waals surface area contributed by atoms with E-state index in [0.29, 0.717) is 0 Å². The summed E-state index contributed by atoms with van der Waals surface area (Å²) in [5, 5.41) is 9.00.